The van der Waals surface area contributed by atoms with Crippen molar-refractivity contribution >= 4 is 40.4 Å². The Morgan fingerprint density at radius 2 is 2.16 bits per heavy atom. The quantitative estimate of drug-likeness (QED) is 0.853. The SMILES string of the molecule is Cc1cc(C(N)=S)nc(Nc2cccc(Cl)c2F)n1. The van der Waals surface area contributed by atoms with E-state index < -0.39 is 5.82 Å². The molecule has 0 aliphatic carbocycles. The lowest BCUT2D eigenvalue weighted by Gasteiger charge is -2.08. The second-order valence-electron chi connectivity index (χ2n) is 3.81. The van der Waals surface area contributed by atoms with Crippen LogP contribution in [-0.4, -0.2) is 15.0 Å². The van der Waals surface area contributed by atoms with Gasteiger partial charge in [0.25, 0.3) is 0 Å². The van der Waals surface area contributed by atoms with Gasteiger partial charge in [0.05, 0.1) is 10.7 Å². The van der Waals surface area contributed by atoms with Gasteiger partial charge in [0, 0.05) is 5.69 Å². The van der Waals surface area contributed by atoms with Crippen molar-refractivity contribution in [2.24, 2.45) is 5.73 Å². The first kappa shape index (κ1) is 13.6. The highest BCUT2D eigenvalue weighted by atomic mass is 35.5. The lowest BCUT2D eigenvalue weighted by Crippen LogP contribution is -2.14. The molecule has 0 fully saturated rings. The maximum absolute atomic E-state index is 13.7. The standard InChI is InChI=1S/C12H10ClFN4S/c1-6-5-9(11(15)19)18-12(16-6)17-8-4-2-3-7(13)10(8)14/h2-5H,1H3,(H2,15,19)(H,16,17,18). The molecule has 0 aliphatic rings. The second kappa shape index (κ2) is 5.46. The Balaban J connectivity index is 2.38. The third-order valence-corrected chi connectivity index (χ3v) is 2.81. The van der Waals surface area contributed by atoms with Crippen LogP contribution in [0.5, 0.6) is 0 Å². The Labute approximate surface area is 119 Å². The van der Waals surface area contributed by atoms with Crippen molar-refractivity contribution in [1.29, 1.82) is 0 Å². The van der Waals surface area contributed by atoms with Gasteiger partial charge in [-0.25, -0.2) is 14.4 Å². The number of halogens is 2. The molecule has 0 atom stereocenters. The Kier molecular flexibility index (Phi) is 3.92. The van der Waals surface area contributed by atoms with Crippen molar-refractivity contribution < 1.29 is 4.39 Å². The molecule has 0 bridgehead atoms. The number of anilines is 2. The van der Waals surface area contributed by atoms with Gasteiger partial charge in [-0.3, -0.25) is 0 Å². The summed E-state index contributed by atoms with van der Waals surface area (Å²) >= 11 is 10.6. The smallest absolute Gasteiger partial charge is 0.228 e. The number of hydrogen-bond acceptors (Lipinski definition) is 4. The van der Waals surface area contributed by atoms with E-state index in [2.05, 4.69) is 15.3 Å². The minimum absolute atomic E-state index is 0.0206. The van der Waals surface area contributed by atoms with Crippen molar-refractivity contribution in [1.82, 2.24) is 9.97 Å². The molecular formula is C12H10ClFN4S. The van der Waals surface area contributed by atoms with Crippen LogP contribution >= 0.6 is 23.8 Å². The van der Waals surface area contributed by atoms with Gasteiger partial charge < -0.3 is 11.1 Å². The van der Waals surface area contributed by atoms with Crippen LogP contribution in [0.4, 0.5) is 16.0 Å². The highest BCUT2D eigenvalue weighted by Gasteiger charge is 2.09. The van der Waals surface area contributed by atoms with Crippen LogP contribution in [0, 0.1) is 12.7 Å². The lowest BCUT2D eigenvalue weighted by atomic mass is 10.3. The molecule has 0 aliphatic heterocycles. The van der Waals surface area contributed by atoms with E-state index in [0.29, 0.717) is 11.4 Å². The molecule has 2 aromatic rings. The third-order valence-electron chi connectivity index (χ3n) is 2.30. The highest BCUT2D eigenvalue weighted by molar-refractivity contribution is 7.80. The van der Waals surface area contributed by atoms with E-state index in [1.807, 2.05) is 0 Å². The Morgan fingerprint density at radius 1 is 1.42 bits per heavy atom. The lowest BCUT2D eigenvalue weighted by molar-refractivity contribution is 0.632. The fourth-order valence-corrected chi connectivity index (χ4v) is 1.75. The van der Waals surface area contributed by atoms with Gasteiger partial charge in [-0.2, -0.15) is 0 Å². The molecule has 0 radical (unpaired) electrons. The molecule has 4 nitrogen and oxygen atoms in total. The van der Waals surface area contributed by atoms with Crippen LogP contribution in [0.3, 0.4) is 0 Å². The molecule has 1 heterocycles. The topological polar surface area (TPSA) is 63.8 Å². The van der Waals surface area contributed by atoms with Crippen LogP contribution in [0.2, 0.25) is 5.02 Å². The summed E-state index contributed by atoms with van der Waals surface area (Å²) in [6.07, 6.45) is 0. The minimum atomic E-state index is -0.564. The first-order chi connectivity index (χ1) is 8.97. The van der Waals surface area contributed by atoms with E-state index in [1.54, 1.807) is 19.1 Å². The maximum Gasteiger partial charge on any atom is 0.228 e. The van der Waals surface area contributed by atoms with Crippen molar-refractivity contribution in [2.75, 3.05) is 5.32 Å². The molecule has 1 aromatic carbocycles. The number of aryl methyl sites for hydroxylation is 1. The average molecular weight is 297 g/mol. The Morgan fingerprint density at radius 3 is 2.84 bits per heavy atom. The van der Waals surface area contributed by atoms with Crippen LogP contribution in [-0.2, 0) is 0 Å². The molecule has 0 saturated heterocycles. The number of nitrogens with two attached hydrogens (primary N) is 1. The summed E-state index contributed by atoms with van der Waals surface area (Å²) in [6.45, 7) is 1.77. The number of rotatable bonds is 3. The molecule has 0 spiro atoms. The third kappa shape index (κ3) is 3.15. The molecule has 19 heavy (non-hydrogen) atoms. The summed E-state index contributed by atoms with van der Waals surface area (Å²) in [4.78, 5) is 8.39. The van der Waals surface area contributed by atoms with Gasteiger partial charge in [0.15, 0.2) is 5.82 Å². The van der Waals surface area contributed by atoms with E-state index in [0.717, 1.165) is 0 Å². The second-order valence-corrected chi connectivity index (χ2v) is 4.66. The molecule has 1 aromatic heterocycles. The van der Waals surface area contributed by atoms with Gasteiger partial charge in [-0.1, -0.05) is 29.9 Å². The van der Waals surface area contributed by atoms with E-state index >= 15 is 0 Å². The zero-order valence-electron chi connectivity index (χ0n) is 9.95. The predicted octanol–water partition coefficient (Wildman–Crippen LogP) is 2.96. The van der Waals surface area contributed by atoms with E-state index in [9.17, 15) is 4.39 Å². The van der Waals surface area contributed by atoms with Crippen molar-refractivity contribution in [3.8, 4) is 0 Å². The van der Waals surface area contributed by atoms with Gasteiger partial charge >= 0.3 is 0 Å². The number of hydrogen-bond donors (Lipinski definition) is 2. The van der Waals surface area contributed by atoms with Gasteiger partial charge in [-0.15, -0.1) is 0 Å². The van der Waals surface area contributed by atoms with Crippen molar-refractivity contribution in [3.05, 3.63) is 46.5 Å². The van der Waals surface area contributed by atoms with Crippen LogP contribution in [0.15, 0.2) is 24.3 Å². The average Bonchev–Trinajstić information content (AvgIpc) is 2.34. The fraction of sp³-hybridized carbons (Fsp3) is 0.0833. The Hall–Kier alpha value is -1.79. The minimum Gasteiger partial charge on any atom is -0.388 e. The fourth-order valence-electron chi connectivity index (χ4n) is 1.47. The summed E-state index contributed by atoms with van der Waals surface area (Å²) < 4.78 is 13.7. The Bertz CT molecular complexity index is 648. The number of nitrogens with zero attached hydrogens (tertiary/aromatic N) is 2. The maximum atomic E-state index is 13.7. The van der Waals surface area contributed by atoms with Crippen molar-refractivity contribution in [2.45, 2.75) is 6.92 Å². The predicted molar refractivity (Wildman–Crippen MR) is 77.3 cm³/mol. The van der Waals surface area contributed by atoms with Gasteiger partial charge in [-0.05, 0) is 25.1 Å². The molecular weight excluding hydrogens is 287 g/mol. The molecule has 98 valence electrons. The van der Waals surface area contributed by atoms with Crippen molar-refractivity contribution in [3.63, 3.8) is 0 Å². The van der Waals surface area contributed by atoms with Crippen LogP contribution < -0.4 is 11.1 Å². The van der Waals surface area contributed by atoms with Crippen LogP contribution in [0.25, 0.3) is 0 Å². The molecule has 0 saturated carbocycles. The number of nitrogens with one attached hydrogen (secondary N) is 1. The first-order valence-corrected chi connectivity index (χ1v) is 6.12. The summed E-state index contributed by atoms with van der Waals surface area (Å²) in [5.74, 6) is -0.352. The number of thiocarbonyl (C=S) groups is 1. The summed E-state index contributed by atoms with van der Waals surface area (Å²) in [5, 5.41) is 2.77. The summed E-state index contributed by atoms with van der Waals surface area (Å²) in [6, 6.07) is 6.27. The molecule has 0 amide bonds. The van der Waals surface area contributed by atoms with Crippen LogP contribution in [0.1, 0.15) is 11.4 Å². The van der Waals surface area contributed by atoms with Gasteiger partial charge in [0.2, 0.25) is 5.95 Å². The zero-order chi connectivity index (χ0) is 14.0. The highest BCUT2D eigenvalue weighted by Crippen LogP contribution is 2.24. The first-order valence-electron chi connectivity index (χ1n) is 5.34. The van der Waals surface area contributed by atoms with E-state index in [4.69, 9.17) is 29.6 Å². The van der Waals surface area contributed by atoms with E-state index in [1.165, 1.54) is 12.1 Å². The number of benzene rings is 1. The molecule has 3 N–H and O–H groups in total. The molecule has 7 heteroatoms. The summed E-state index contributed by atoms with van der Waals surface area (Å²) in [7, 11) is 0. The number of aromatic nitrogens is 2. The monoisotopic (exact) mass is 296 g/mol. The zero-order valence-corrected chi connectivity index (χ0v) is 11.5. The molecule has 2 rings (SSSR count). The van der Waals surface area contributed by atoms with E-state index in [-0.39, 0.29) is 21.6 Å². The van der Waals surface area contributed by atoms with Gasteiger partial charge in [0.1, 0.15) is 10.7 Å². The molecule has 0 unspecified atom stereocenters. The normalized spacial score (nSPS) is 10.3. The largest absolute Gasteiger partial charge is 0.388 e. The summed E-state index contributed by atoms with van der Waals surface area (Å²) in [5.41, 5.74) is 6.80.